The number of carbonyl (C=O) groups is 1. The summed E-state index contributed by atoms with van der Waals surface area (Å²) in [6.07, 6.45) is 3.30. The highest BCUT2D eigenvalue weighted by Gasteiger charge is 2.26. The molecule has 2 amide bonds. The van der Waals surface area contributed by atoms with Gasteiger partial charge in [-0.1, -0.05) is 25.1 Å². The molecule has 0 aromatic heterocycles. The van der Waals surface area contributed by atoms with Crippen molar-refractivity contribution in [3.05, 3.63) is 29.8 Å². The quantitative estimate of drug-likeness (QED) is 0.780. The zero-order valence-electron chi connectivity index (χ0n) is 17.5. The van der Waals surface area contributed by atoms with E-state index in [4.69, 9.17) is 4.74 Å². The fraction of sp³-hybridized carbons (Fsp3) is 0.682. The average Bonchev–Trinajstić information content (AvgIpc) is 2.73. The minimum Gasteiger partial charge on any atom is -0.493 e. The van der Waals surface area contributed by atoms with Gasteiger partial charge in [-0.25, -0.2) is 4.79 Å². The molecule has 2 heterocycles. The van der Waals surface area contributed by atoms with Gasteiger partial charge < -0.3 is 24.8 Å². The van der Waals surface area contributed by atoms with Crippen molar-refractivity contribution >= 4 is 6.03 Å². The minimum absolute atomic E-state index is 0.0494. The largest absolute Gasteiger partial charge is 0.493 e. The van der Waals surface area contributed by atoms with Gasteiger partial charge >= 0.3 is 6.03 Å². The van der Waals surface area contributed by atoms with Crippen molar-refractivity contribution in [2.24, 2.45) is 5.92 Å². The Labute approximate surface area is 169 Å². The second-order valence-corrected chi connectivity index (χ2v) is 8.17. The highest BCUT2D eigenvalue weighted by molar-refractivity contribution is 5.74. The summed E-state index contributed by atoms with van der Waals surface area (Å²) in [5.74, 6) is 1.46. The second kappa shape index (κ2) is 10.7. The normalized spacial score (nSPS) is 21.5. The van der Waals surface area contributed by atoms with E-state index in [1.807, 2.05) is 29.2 Å². The summed E-state index contributed by atoms with van der Waals surface area (Å²) in [6, 6.07) is 8.02. The number of hydrogen-bond donors (Lipinski definition) is 1. The van der Waals surface area contributed by atoms with Crippen LogP contribution in [-0.4, -0.2) is 80.2 Å². The molecule has 2 aliphatic heterocycles. The molecule has 1 aromatic carbocycles. The lowest BCUT2D eigenvalue weighted by Crippen LogP contribution is -2.50. The first-order chi connectivity index (χ1) is 13.7. The van der Waals surface area contributed by atoms with Gasteiger partial charge in [-0.05, 0) is 38.3 Å². The minimum atomic E-state index is 0.0494. The molecule has 2 saturated heterocycles. The maximum atomic E-state index is 12.7. The fourth-order valence-electron chi connectivity index (χ4n) is 4.08. The molecule has 0 radical (unpaired) electrons. The van der Waals surface area contributed by atoms with Crippen LogP contribution in [-0.2, 0) is 6.54 Å². The number of para-hydroxylation sites is 1. The Morgan fingerprint density at radius 1 is 1.18 bits per heavy atom. The smallest absolute Gasteiger partial charge is 0.317 e. The molecule has 2 fully saturated rings. The van der Waals surface area contributed by atoms with E-state index in [2.05, 4.69) is 29.1 Å². The van der Waals surface area contributed by atoms with Crippen LogP contribution in [0.3, 0.4) is 0 Å². The Morgan fingerprint density at radius 3 is 2.75 bits per heavy atom. The summed E-state index contributed by atoms with van der Waals surface area (Å²) in [5, 5.41) is 3.10. The predicted octanol–water partition coefficient (Wildman–Crippen LogP) is 2.64. The van der Waals surface area contributed by atoms with E-state index < -0.39 is 0 Å². The lowest BCUT2D eigenvalue weighted by molar-refractivity contribution is 0.106. The van der Waals surface area contributed by atoms with Gasteiger partial charge in [0, 0.05) is 57.9 Å². The average molecular weight is 389 g/mol. The number of piperazine rings is 1. The van der Waals surface area contributed by atoms with Crippen LogP contribution in [0.1, 0.15) is 31.7 Å². The number of nitrogens with one attached hydrogen (secondary N) is 1. The van der Waals surface area contributed by atoms with Crippen molar-refractivity contribution in [3.63, 3.8) is 0 Å². The van der Waals surface area contributed by atoms with Crippen molar-refractivity contribution in [1.82, 2.24) is 20.0 Å². The van der Waals surface area contributed by atoms with Crippen LogP contribution in [0.4, 0.5) is 4.79 Å². The molecule has 1 N–H and O–H groups in total. The summed E-state index contributed by atoms with van der Waals surface area (Å²) in [6.45, 7) is 10.7. The van der Waals surface area contributed by atoms with Crippen LogP contribution in [0.2, 0.25) is 0 Å². The van der Waals surface area contributed by atoms with E-state index in [9.17, 15) is 4.79 Å². The number of likely N-dealkylation sites (N-methyl/N-ethyl adjacent to an activating group) is 1. The van der Waals surface area contributed by atoms with Crippen molar-refractivity contribution in [1.29, 1.82) is 0 Å². The molecule has 156 valence electrons. The number of ether oxygens (including phenoxy) is 1. The third-order valence-corrected chi connectivity index (χ3v) is 5.78. The molecule has 28 heavy (non-hydrogen) atoms. The molecule has 1 atom stereocenters. The van der Waals surface area contributed by atoms with Gasteiger partial charge in [0.15, 0.2) is 0 Å². The number of rotatable bonds is 7. The number of urea groups is 1. The number of likely N-dealkylation sites (tertiary alicyclic amines) is 1. The van der Waals surface area contributed by atoms with E-state index in [0.29, 0.717) is 19.1 Å². The van der Waals surface area contributed by atoms with E-state index in [1.54, 1.807) is 0 Å². The zero-order valence-corrected chi connectivity index (χ0v) is 17.5. The second-order valence-electron chi connectivity index (χ2n) is 8.17. The summed E-state index contributed by atoms with van der Waals surface area (Å²) in [7, 11) is 2.19. The van der Waals surface area contributed by atoms with Gasteiger partial charge in [-0.3, -0.25) is 0 Å². The number of carbonyl (C=O) groups excluding carboxylic acids is 1. The Bertz CT molecular complexity index is 616. The number of hydrogen-bond acceptors (Lipinski definition) is 4. The molecule has 6 heteroatoms. The first kappa shape index (κ1) is 20.9. The van der Waals surface area contributed by atoms with Crippen molar-refractivity contribution in [3.8, 4) is 5.75 Å². The van der Waals surface area contributed by atoms with Crippen molar-refractivity contribution in [2.45, 2.75) is 32.7 Å². The molecule has 2 aliphatic rings. The highest BCUT2D eigenvalue weighted by Crippen LogP contribution is 2.20. The SMILES string of the molecule is CCCOc1ccccc1CNC(=O)N1CCC[C@@H](CN2CCN(C)CC2)C1. The molecule has 6 nitrogen and oxygen atoms in total. The Hall–Kier alpha value is -1.79. The van der Waals surface area contributed by atoms with E-state index in [-0.39, 0.29) is 6.03 Å². The predicted molar refractivity (Wildman–Crippen MR) is 113 cm³/mol. The maximum Gasteiger partial charge on any atom is 0.317 e. The number of amides is 2. The van der Waals surface area contributed by atoms with Crippen LogP contribution in [0.5, 0.6) is 5.75 Å². The molecule has 0 spiro atoms. The molecule has 3 rings (SSSR count). The molecular formula is C22H36N4O2. The lowest BCUT2D eigenvalue weighted by atomic mass is 9.97. The van der Waals surface area contributed by atoms with E-state index in [1.165, 1.54) is 6.42 Å². The summed E-state index contributed by atoms with van der Waals surface area (Å²) >= 11 is 0. The topological polar surface area (TPSA) is 48.1 Å². The van der Waals surface area contributed by atoms with Crippen molar-refractivity contribution < 1.29 is 9.53 Å². The summed E-state index contributed by atoms with van der Waals surface area (Å²) in [4.78, 5) is 19.7. The number of benzene rings is 1. The lowest BCUT2D eigenvalue weighted by Gasteiger charge is -2.38. The van der Waals surface area contributed by atoms with E-state index >= 15 is 0 Å². The summed E-state index contributed by atoms with van der Waals surface area (Å²) in [5.41, 5.74) is 1.04. The van der Waals surface area contributed by atoms with Gasteiger partial charge in [0.25, 0.3) is 0 Å². The fourth-order valence-corrected chi connectivity index (χ4v) is 4.08. The third kappa shape index (κ3) is 6.11. The monoisotopic (exact) mass is 388 g/mol. The summed E-state index contributed by atoms with van der Waals surface area (Å²) < 4.78 is 5.80. The Morgan fingerprint density at radius 2 is 1.96 bits per heavy atom. The van der Waals surface area contributed by atoms with E-state index in [0.717, 1.165) is 70.0 Å². The standard InChI is InChI=1S/C22H36N4O2/c1-3-15-28-21-9-5-4-8-20(21)16-23-22(27)26-10-6-7-19(18-26)17-25-13-11-24(2)12-14-25/h4-5,8-9,19H,3,6-7,10-18H2,1-2H3,(H,23,27)/t19-/m0/s1. The Balaban J connectivity index is 1.46. The molecule has 0 aliphatic carbocycles. The zero-order chi connectivity index (χ0) is 19.8. The van der Waals surface area contributed by atoms with Gasteiger partial charge in [-0.2, -0.15) is 0 Å². The first-order valence-electron chi connectivity index (χ1n) is 10.8. The maximum absolute atomic E-state index is 12.7. The Kier molecular flexibility index (Phi) is 7.98. The van der Waals surface area contributed by atoms with Crippen LogP contribution in [0.25, 0.3) is 0 Å². The molecule has 0 unspecified atom stereocenters. The van der Waals surface area contributed by atoms with Crippen LogP contribution >= 0.6 is 0 Å². The van der Waals surface area contributed by atoms with Crippen molar-refractivity contribution in [2.75, 3.05) is 59.5 Å². The van der Waals surface area contributed by atoms with Gasteiger partial charge in [-0.15, -0.1) is 0 Å². The van der Waals surface area contributed by atoms with Crippen LogP contribution in [0.15, 0.2) is 24.3 Å². The van der Waals surface area contributed by atoms with Crippen LogP contribution in [0, 0.1) is 5.92 Å². The molecular weight excluding hydrogens is 352 g/mol. The van der Waals surface area contributed by atoms with Gasteiger partial charge in [0.05, 0.1) is 6.61 Å². The van der Waals surface area contributed by atoms with Crippen LogP contribution < -0.4 is 10.1 Å². The van der Waals surface area contributed by atoms with Gasteiger partial charge in [0.2, 0.25) is 0 Å². The first-order valence-corrected chi connectivity index (χ1v) is 10.8. The number of nitrogens with zero attached hydrogens (tertiary/aromatic N) is 3. The molecule has 0 bridgehead atoms. The third-order valence-electron chi connectivity index (χ3n) is 5.78. The highest BCUT2D eigenvalue weighted by atomic mass is 16.5. The molecule has 0 saturated carbocycles. The number of piperidine rings is 1. The van der Waals surface area contributed by atoms with Gasteiger partial charge in [0.1, 0.15) is 5.75 Å². The molecule has 1 aromatic rings.